The van der Waals surface area contributed by atoms with E-state index in [9.17, 15) is 19.5 Å². The number of rotatable bonds is 4. The van der Waals surface area contributed by atoms with Crippen LogP contribution in [-0.4, -0.2) is 57.9 Å². The number of nitrogens with one attached hydrogen (secondary N) is 1. The normalized spacial score (nSPS) is 16.5. The van der Waals surface area contributed by atoms with Gasteiger partial charge in [-0.05, 0) is 72.6 Å². The Labute approximate surface area is 177 Å². The molecule has 1 heterocycles. The standard InChI is InChI=1S/C22H32N2O6/c1-20(2,3)29-17(25)15-8-7-9-16(14-15)23-22(18(26)27)10-12-24(13-11-22)19(28)30-21(4,5)6/h7-9,14,23H,10-13H2,1-6H3,(H,26,27). The fourth-order valence-corrected chi connectivity index (χ4v) is 3.13. The summed E-state index contributed by atoms with van der Waals surface area (Å²) >= 11 is 0. The zero-order chi connectivity index (χ0) is 22.7. The van der Waals surface area contributed by atoms with E-state index in [0.717, 1.165) is 0 Å². The molecule has 0 unspecified atom stereocenters. The van der Waals surface area contributed by atoms with Crippen molar-refractivity contribution in [2.45, 2.75) is 71.1 Å². The number of aliphatic carboxylic acids is 1. The highest BCUT2D eigenvalue weighted by molar-refractivity contribution is 5.91. The molecule has 0 aliphatic carbocycles. The minimum atomic E-state index is -1.24. The SMILES string of the molecule is CC(C)(C)OC(=O)c1cccc(NC2(C(=O)O)CCN(C(=O)OC(C)(C)C)CC2)c1. The topological polar surface area (TPSA) is 105 Å². The van der Waals surface area contributed by atoms with Gasteiger partial charge in [0.15, 0.2) is 0 Å². The number of carbonyl (C=O) groups is 3. The van der Waals surface area contributed by atoms with Crippen molar-refractivity contribution in [1.29, 1.82) is 0 Å². The Morgan fingerprint density at radius 3 is 2.07 bits per heavy atom. The average molecular weight is 421 g/mol. The van der Waals surface area contributed by atoms with Gasteiger partial charge >= 0.3 is 18.0 Å². The molecule has 0 aromatic heterocycles. The zero-order valence-electron chi connectivity index (χ0n) is 18.6. The van der Waals surface area contributed by atoms with Crippen LogP contribution in [0.3, 0.4) is 0 Å². The minimum Gasteiger partial charge on any atom is -0.480 e. The highest BCUT2D eigenvalue weighted by Gasteiger charge is 2.43. The van der Waals surface area contributed by atoms with E-state index in [1.54, 1.807) is 65.8 Å². The molecule has 30 heavy (non-hydrogen) atoms. The number of hydrogen-bond donors (Lipinski definition) is 2. The maximum absolute atomic E-state index is 12.3. The summed E-state index contributed by atoms with van der Waals surface area (Å²) in [6.45, 7) is 11.2. The molecule has 0 bridgehead atoms. The monoisotopic (exact) mass is 420 g/mol. The minimum absolute atomic E-state index is 0.207. The first-order valence-electron chi connectivity index (χ1n) is 10.0. The van der Waals surface area contributed by atoms with Gasteiger partial charge in [0.1, 0.15) is 16.7 Å². The second-order valence-corrected chi connectivity index (χ2v) is 9.56. The van der Waals surface area contributed by atoms with Crippen molar-refractivity contribution in [3.63, 3.8) is 0 Å². The van der Waals surface area contributed by atoms with E-state index in [1.165, 1.54) is 4.90 Å². The third kappa shape index (κ3) is 6.37. The molecule has 166 valence electrons. The Hall–Kier alpha value is -2.77. The van der Waals surface area contributed by atoms with Crippen LogP contribution in [0, 0.1) is 0 Å². The Morgan fingerprint density at radius 2 is 1.57 bits per heavy atom. The first-order valence-corrected chi connectivity index (χ1v) is 10.0. The molecule has 1 aliphatic heterocycles. The summed E-state index contributed by atoms with van der Waals surface area (Å²) in [4.78, 5) is 38.2. The third-order valence-electron chi connectivity index (χ3n) is 4.56. The summed E-state index contributed by atoms with van der Waals surface area (Å²) in [7, 11) is 0. The van der Waals surface area contributed by atoms with Crippen molar-refractivity contribution >= 4 is 23.7 Å². The lowest BCUT2D eigenvalue weighted by Gasteiger charge is -2.40. The number of carboxylic acid groups (broad SMARTS) is 1. The van der Waals surface area contributed by atoms with Crippen LogP contribution >= 0.6 is 0 Å². The van der Waals surface area contributed by atoms with Gasteiger partial charge in [-0.2, -0.15) is 0 Å². The first kappa shape index (κ1) is 23.5. The number of anilines is 1. The van der Waals surface area contributed by atoms with Crippen molar-refractivity contribution in [3.8, 4) is 0 Å². The summed E-state index contributed by atoms with van der Waals surface area (Å²) in [5.41, 5.74) is -1.64. The number of hydrogen-bond acceptors (Lipinski definition) is 6. The van der Waals surface area contributed by atoms with Crippen LogP contribution in [0.4, 0.5) is 10.5 Å². The van der Waals surface area contributed by atoms with Gasteiger partial charge in [0, 0.05) is 18.8 Å². The van der Waals surface area contributed by atoms with Gasteiger partial charge in [-0.15, -0.1) is 0 Å². The molecule has 1 fully saturated rings. The zero-order valence-corrected chi connectivity index (χ0v) is 18.6. The number of nitrogens with zero attached hydrogens (tertiary/aromatic N) is 1. The average Bonchev–Trinajstić information content (AvgIpc) is 2.59. The molecule has 1 aliphatic rings. The molecule has 2 rings (SSSR count). The second-order valence-electron chi connectivity index (χ2n) is 9.56. The second kappa shape index (κ2) is 8.53. The van der Waals surface area contributed by atoms with Gasteiger partial charge in [-0.3, -0.25) is 0 Å². The van der Waals surface area contributed by atoms with Crippen LogP contribution in [0.2, 0.25) is 0 Å². The quantitative estimate of drug-likeness (QED) is 0.712. The van der Waals surface area contributed by atoms with E-state index in [-0.39, 0.29) is 25.9 Å². The highest BCUT2D eigenvalue weighted by atomic mass is 16.6. The Balaban J connectivity index is 2.12. The number of likely N-dealkylation sites (tertiary alicyclic amines) is 1. The van der Waals surface area contributed by atoms with Crippen LogP contribution in [0.25, 0.3) is 0 Å². The van der Waals surface area contributed by atoms with E-state index in [1.807, 2.05) is 0 Å². The molecule has 1 saturated heterocycles. The number of benzene rings is 1. The maximum Gasteiger partial charge on any atom is 0.410 e. The van der Waals surface area contributed by atoms with Crippen LogP contribution < -0.4 is 5.32 Å². The van der Waals surface area contributed by atoms with Gasteiger partial charge in [0.25, 0.3) is 0 Å². The molecule has 1 aromatic carbocycles. The smallest absolute Gasteiger partial charge is 0.410 e. The maximum atomic E-state index is 12.3. The predicted octanol–water partition coefficient (Wildman–Crippen LogP) is 3.91. The van der Waals surface area contributed by atoms with Gasteiger partial charge in [-0.1, -0.05) is 6.07 Å². The first-order chi connectivity index (χ1) is 13.7. The molecule has 0 saturated carbocycles. The van der Waals surface area contributed by atoms with Gasteiger partial charge in [0.05, 0.1) is 5.56 Å². The molecular formula is C22H32N2O6. The molecular weight excluding hydrogens is 388 g/mol. The molecule has 1 amide bonds. The number of carbonyl (C=O) groups excluding carboxylic acids is 2. The van der Waals surface area contributed by atoms with E-state index in [4.69, 9.17) is 9.47 Å². The van der Waals surface area contributed by atoms with Crippen LogP contribution in [0.5, 0.6) is 0 Å². The summed E-state index contributed by atoms with van der Waals surface area (Å²) in [5, 5.41) is 13.0. The predicted molar refractivity (Wildman–Crippen MR) is 113 cm³/mol. The number of ether oxygens (including phenoxy) is 2. The largest absolute Gasteiger partial charge is 0.480 e. The Morgan fingerprint density at radius 1 is 1.00 bits per heavy atom. The van der Waals surface area contributed by atoms with Crippen molar-refractivity contribution < 1.29 is 29.0 Å². The lowest BCUT2D eigenvalue weighted by molar-refractivity contribution is -0.144. The molecule has 8 heteroatoms. The fraction of sp³-hybridized carbons (Fsp3) is 0.591. The van der Waals surface area contributed by atoms with Crippen molar-refractivity contribution in [2.24, 2.45) is 0 Å². The summed E-state index contributed by atoms with van der Waals surface area (Å²) in [5.74, 6) is -1.48. The van der Waals surface area contributed by atoms with Gasteiger partial charge < -0.3 is 24.8 Å². The molecule has 2 N–H and O–H groups in total. The number of amides is 1. The van der Waals surface area contributed by atoms with Gasteiger partial charge in [-0.25, -0.2) is 14.4 Å². The Bertz CT molecular complexity index is 799. The van der Waals surface area contributed by atoms with Crippen molar-refractivity contribution in [2.75, 3.05) is 18.4 Å². The number of carboxylic acids is 1. The Kier molecular flexibility index (Phi) is 6.69. The van der Waals surface area contributed by atoms with E-state index < -0.39 is 34.8 Å². The molecule has 1 aromatic rings. The fourth-order valence-electron chi connectivity index (χ4n) is 3.13. The highest BCUT2D eigenvalue weighted by Crippen LogP contribution is 2.29. The molecule has 0 atom stereocenters. The number of piperidine rings is 1. The van der Waals surface area contributed by atoms with Crippen LogP contribution in [0.1, 0.15) is 64.7 Å². The van der Waals surface area contributed by atoms with Crippen molar-refractivity contribution in [3.05, 3.63) is 29.8 Å². The molecule has 8 nitrogen and oxygen atoms in total. The van der Waals surface area contributed by atoms with E-state index >= 15 is 0 Å². The third-order valence-corrected chi connectivity index (χ3v) is 4.56. The summed E-state index contributed by atoms with van der Waals surface area (Å²) < 4.78 is 10.8. The van der Waals surface area contributed by atoms with Gasteiger partial charge in [0.2, 0.25) is 0 Å². The van der Waals surface area contributed by atoms with Crippen LogP contribution in [-0.2, 0) is 14.3 Å². The molecule has 0 radical (unpaired) electrons. The molecule has 0 spiro atoms. The summed E-state index contributed by atoms with van der Waals surface area (Å²) in [6.07, 6.45) is -0.0374. The van der Waals surface area contributed by atoms with E-state index in [2.05, 4.69) is 5.32 Å². The van der Waals surface area contributed by atoms with E-state index in [0.29, 0.717) is 11.3 Å². The lowest BCUT2D eigenvalue weighted by atomic mass is 9.87. The van der Waals surface area contributed by atoms with Crippen LogP contribution in [0.15, 0.2) is 24.3 Å². The summed E-state index contributed by atoms with van der Waals surface area (Å²) in [6, 6.07) is 6.59. The number of esters is 1. The lowest BCUT2D eigenvalue weighted by Crippen LogP contribution is -2.55. The van der Waals surface area contributed by atoms with Crippen molar-refractivity contribution in [1.82, 2.24) is 4.90 Å².